The molecule has 148 valence electrons. The predicted octanol–water partition coefficient (Wildman–Crippen LogP) is 7.85. The molecule has 0 saturated heterocycles. The van der Waals surface area contributed by atoms with Crippen molar-refractivity contribution in [3.63, 3.8) is 0 Å². The van der Waals surface area contributed by atoms with Crippen LogP contribution in [0.5, 0.6) is 0 Å². The van der Waals surface area contributed by atoms with Crippen LogP contribution in [0.25, 0.3) is 21.5 Å². The van der Waals surface area contributed by atoms with Crippen molar-refractivity contribution in [3.8, 4) is 0 Å². The van der Waals surface area contributed by atoms with Gasteiger partial charge in [-0.1, -0.05) is 49.4 Å². The van der Waals surface area contributed by atoms with Crippen molar-refractivity contribution >= 4 is 34.8 Å². The molecule has 4 rings (SSSR count). The van der Waals surface area contributed by atoms with Gasteiger partial charge in [0.1, 0.15) is 0 Å². The van der Waals surface area contributed by atoms with Crippen LogP contribution in [-0.2, 0) is 26.2 Å². The van der Waals surface area contributed by atoms with Crippen molar-refractivity contribution < 1.29 is 26.2 Å². The number of fused-ring (bicyclic) bond motifs is 2. The van der Waals surface area contributed by atoms with Crippen LogP contribution in [0.15, 0.2) is 91.5 Å². The summed E-state index contributed by atoms with van der Waals surface area (Å²) in [7, 11) is 0.0576. The van der Waals surface area contributed by atoms with E-state index >= 15 is 0 Å². The van der Waals surface area contributed by atoms with Crippen molar-refractivity contribution in [2.75, 3.05) is 13.3 Å². The van der Waals surface area contributed by atoms with Gasteiger partial charge in [0.15, 0.2) is 0 Å². The third-order valence-electron chi connectivity index (χ3n) is 4.70. The van der Waals surface area contributed by atoms with E-state index in [1.807, 2.05) is 19.1 Å². The fourth-order valence-corrected chi connectivity index (χ4v) is 3.86. The van der Waals surface area contributed by atoms with Crippen LogP contribution in [0.3, 0.4) is 0 Å². The molecule has 0 aliphatic carbocycles. The van der Waals surface area contributed by atoms with Gasteiger partial charge in [-0.15, -0.1) is 76.7 Å². The van der Waals surface area contributed by atoms with E-state index in [9.17, 15) is 0 Å². The number of hydrogen-bond acceptors (Lipinski definition) is 0. The molecule has 0 fully saturated rings. The summed E-state index contributed by atoms with van der Waals surface area (Å²) in [6, 6.07) is 24.0. The van der Waals surface area contributed by atoms with Gasteiger partial charge in [-0.25, -0.2) is 0 Å². The topological polar surface area (TPSA) is 0 Å². The molecule has 0 nitrogen and oxygen atoms in total. The zero-order valence-electron chi connectivity index (χ0n) is 18.2. The minimum Gasteiger partial charge on any atom is -0.168 e. The first kappa shape index (κ1) is 25.5. The zero-order chi connectivity index (χ0) is 20.5. The molecule has 0 N–H and O–H groups in total. The first-order chi connectivity index (χ1) is 13.5. The van der Waals surface area contributed by atoms with E-state index in [1.54, 1.807) is 6.08 Å². The van der Waals surface area contributed by atoms with E-state index in [4.69, 9.17) is 0 Å². The molecular weight excluding hydrogens is 446 g/mol. The van der Waals surface area contributed by atoms with E-state index in [-0.39, 0.29) is 34.1 Å². The molecule has 0 aliphatic heterocycles. The maximum Gasteiger partial charge on any atom is 2.00 e. The van der Waals surface area contributed by atoms with Gasteiger partial charge < -0.3 is 0 Å². The van der Waals surface area contributed by atoms with Crippen molar-refractivity contribution in [3.05, 3.63) is 103 Å². The van der Waals surface area contributed by atoms with Gasteiger partial charge in [0.25, 0.3) is 0 Å². The summed E-state index contributed by atoms with van der Waals surface area (Å²) in [5, 5.41) is 7.05. The third kappa shape index (κ3) is 7.33. The first-order valence-corrected chi connectivity index (χ1v) is 11.9. The van der Waals surface area contributed by atoms with Crippen molar-refractivity contribution in [1.82, 2.24) is 0 Å². The van der Waals surface area contributed by atoms with E-state index in [0.717, 1.165) is 0 Å². The Labute approximate surface area is 196 Å². The summed E-state index contributed by atoms with van der Waals surface area (Å²) in [6.45, 7) is 14.3. The number of rotatable bonds is 2. The molecule has 0 radical (unpaired) electrons. The Morgan fingerprint density at radius 1 is 0.966 bits per heavy atom. The number of aryl methyl sites for hydroxylation is 2. The molecule has 29 heavy (non-hydrogen) atoms. The summed E-state index contributed by atoms with van der Waals surface area (Å²) in [5.41, 5.74) is 2.74. The van der Waals surface area contributed by atoms with Gasteiger partial charge in [-0.3, -0.25) is 0 Å². The fraction of sp³-hybridized carbons (Fsp3) is 0.185. The second-order valence-electron chi connectivity index (χ2n) is 7.05. The summed E-state index contributed by atoms with van der Waals surface area (Å²) in [5.74, 6) is 0. The van der Waals surface area contributed by atoms with Crippen LogP contribution >= 0.6 is 7.92 Å². The second kappa shape index (κ2) is 12.9. The van der Waals surface area contributed by atoms with Crippen LogP contribution in [0.2, 0.25) is 0 Å². The fourth-order valence-electron chi connectivity index (χ4n) is 3.07. The molecule has 0 aromatic heterocycles. The Kier molecular flexibility index (Phi) is 11.3. The van der Waals surface area contributed by atoms with Gasteiger partial charge in [0.2, 0.25) is 0 Å². The monoisotopic (exact) mass is 476 g/mol. The Morgan fingerprint density at radius 2 is 1.66 bits per heavy atom. The minimum atomic E-state index is 0. The predicted molar refractivity (Wildman–Crippen MR) is 132 cm³/mol. The average molecular weight is 478 g/mol. The molecule has 4 aromatic rings. The number of hydrogen-bond donors (Lipinski definition) is 0. The molecule has 0 unspecified atom stereocenters. The summed E-state index contributed by atoms with van der Waals surface area (Å²) >= 11 is 0. The molecule has 4 aromatic carbocycles. The number of allylic oxidation sites excluding steroid dienone is 3. The van der Waals surface area contributed by atoms with Crippen LogP contribution < -0.4 is 5.30 Å². The van der Waals surface area contributed by atoms with Crippen LogP contribution in [0.4, 0.5) is 0 Å². The van der Waals surface area contributed by atoms with Crippen LogP contribution in [-0.4, -0.2) is 13.3 Å². The Balaban J connectivity index is 0.000000232. The molecule has 2 heteroatoms. The zero-order valence-corrected chi connectivity index (χ0v) is 21.6. The molecule has 0 bridgehead atoms. The third-order valence-corrected chi connectivity index (χ3v) is 5.99. The molecule has 0 amide bonds. The van der Waals surface area contributed by atoms with Crippen molar-refractivity contribution in [1.29, 1.82) is 0 Å². The Hall–Kier alpha value is -1.55. The van der Waals surface area contributed by atoms with E-state index in [0.29, 0.717) is 0 Å². The van der Waals surface area contributed by atoms with Crippen molar-refractivity contribution in [2.24, 2.45) is 0 Å². The van der Waals surface area contributed by atoms with E-state index in [1.165, 1.54) is 38.0 Å². The Bertz CT molecular complexity index is 978. The molecule has 0 atom stereocenters. The quantitative estimate of drug-likeness (QED) is 0.157. The smallest absolute Gasteiger partial charge is 0.168 e. The van der Waals surface area contributed by atoms with Crippen LogP contribution in [0, 0.1) is 13.8 Å². The summed E-state index contributed by atoms with van der Waals surface area (Å²) in [6.07, 6.45) is 5.58. The largest absolute Gasteiger partial charge is 2.00 e. The molecule has 0 saturated carbocycles. The standard InChI is InChI=1S/C11H12P.C11H11.C5H8.Zr/c1-12(2)11-7-9-5-3-4-6-10(9)8-11;1-8-6-7-9(2)11-5-3-4-10(8)11;1-3-5-4-2;/h3-8H,1-2H3;3-7H,1-2H3;3-5H,1H2,2H3;/q2*-1;;+2. The normalized spacial score (nSPS) is 10.3. The average Bonchev–Trinajstić information content (AvgIpc) is 3.34. The second-order valence-corrected chi connectivity index (χ2v) is 9.36. The molecule has 0 heterocycles. The van der Waals surface area contributed by atoms with Gasteiger partial charge in [0, 0.05) is 0 Å². The summed E-state index contributed by atoms with van der Waals surface area (Å²) in [4.78, 5) is 0. The number of benzene rings is 2. The molecular formula is C27H31PZr. The summed E-state index contributed by atoms with van der Waals surface area (Å²) < 4.78 is 0. The van der Waals surface area contributed by atoms with Gasteiger partial charge >= 0.3 is 26.2 Å². The molecule has 0 spiro atoms. The maximum atomic E-state index is 3.46. The van der Waals surface area contributed by atoms with Gasteiger partial charge in [0.05, 0.1) is 0 Å². The van der Waals surface area contributed by atoms with Crippen LogP contribution in [0.1, 0.15) is 18.1 Å². The SMILES string of the molecule is C=CC=CC.CP(C)c1cc2ccccc2[cH-]1.Cc1ccc(C)c2[cH-]ccc12.[Zr+2]. The first-order valence-electron chi connectivity index (χ1n) is 9.66. The maximum absolute atomic E-state index is 3.46. The van der Waals surface area contributed by atoms with Gasteiger partial charge in [-0.05, 0) is 27.2 Å². The van der Waals surface area contributed by atoms with E-state index < -0.39 is 0 Å². The van der Waals surface area contributed by atoms with E-state index in [2.05, 4.69) is 100 Å². The van der Waals surface area contributed by atoms with Crippen molar-refractivity contribution in [2.45, 2.75) is 20.8 Å². The Morgan fingerprint density at radius 3 is 2.21 bits per heavy atom. The molecule has 0 aliphatic rings. The van der Waals surface area contributed by atoms with Gasteiger partial charge in [-0.2, -0.15) is 18.2 Å². The minimum absolute atomic E-state index is 0.